The Hall–Kier alpha value is -1.39. The van der Waals surface area contributed by atoms with Crippen molar-refractivity contribution in [2.45, 2.75) is 32.0 Å². The number of rotatable bonds is 3. The third-order valence-electron chi connectivity index (χ3n) is 4.04. The summed E-state index contributed by atoms with van der Waals surface area (Å²) in [6.07, 6.45) is 0. The van der Waals surface area contributed by atoms with Crippen LogP contribution < -0.4 is 5.73 Å². The molecular formula is C15H23N3O. The minimum absolute atomic E-state index is 0.0489. The molecule has 0 aromatic heterocycles. The molecule has 0 spiro atoms. The van der Waals surface area contributed by atoms with Gasteiger partial charge in [0.2, 0.25) is 5.91 Å². The fourth-order valence-corrected chi connectivity index (χ4v) is 2.65. The average molecular weight is 261 g/mol. The van der Waals surface area contributed by atoms with Crippen molar-refractivity contribution in [2.24, 2.45) is 5.73 Å². The van der Waals surface area contributed by atoms with E-state index in [1.807, 2.05) is 30.1 Å². The molecule has 0 bridgehead atoms. The molecule has 104 valence electrons. The van der Waals surface area contributed by atoms with Crippen LogP contribution in [0, 0.1) is 0 Å². The molecule has 4 nitrogen and oxygen atoms in total. The van der Waals surface area contributed by atoms with Gasteiger partial charge in [0.05, 0.1) is 0 Å². The minimum atomic E-state index is -0.215. The second-order valence-corrected chi connectivity index (χ2v) is 5.85. The molecule has 2 rings (SSSR count). The van der Waals surface area contributed by atoms with Gasteiger partial charge >= 0.3 is 0 Å². The van der Waals surface area contributed by atoms with Crippen LogP contribution in [0.5, 0.6) is 0 Å². The number of benzene rings is 1. The van der Waals surface area contributed by atoms with Crippen molar-refractivity contribution < 1.29 is 4.79 Å². The van der Waals surface area contributed by atoms with E-state index in [4.69, 9.17) is 5.73 Å². The van der Waals surface area contributed by atoms with Gasteiger partial charge in [-0.05, 0) is 26.5 Å². The van der Waals surface area contributed by atoms with Crippen molar-refractivity contribution in [3.05, 3.63) is 35.9 Å². The summed E-state index contributed by atoms with van der Waals surface area (Å²) < 4.78 is 0. The van der Waals surface area contributed by atoms with Gasteiger partial charge in [-0.2, -0.15) is 0 Å². The van der Waals surface area contributed by atoms with Gasteiger partial charge in [-0.3, -0.25) is 9.69 Å². The zero-order chi connectivity index (χ0) is 14.0. The van der Waals surface area contributed by atoms with Crippen molar-refractivity contribution in [3.8, 4) is 0 Å². The molecule has 1 amide bonds. The monoisotopic (exact) mass is 261 g/mol. The van der Waals surface area contributed by atoms with E-state index in [9.17, 15) is 4.79 Å². The highest BCUT2D eigenvalue weighted by molar-refractivity contribution is 5.83. The predicted molar refractivity (Wildman–Crippen MR) is 76.5 cm³/mol. The smallest absolute Gasteiger partial charge is 0.241 e. The van der Waals surface area contributed by atoms with Crippen molar-refractivity contribution in [2.75, 3.05) is 20.1 Å². The quantitative estimate of drug-likeness (QED) is 0.885. The molecule has 0 radical (unpaired) electrons. The van der Waals surface area contributed by atoms with Gasteiger partial charge in [0.1, 0.15) is 6.04 Å². The van der Waals surface area contributed by atoms with Crippen molar-refractivity contribution in [1.29, 1.82) is 0 Å². The van der Waals surface area contributed by atoms with E-state index in [0.29, 0.717) is 13.1 Å². The zero-order valence-corrected chi connectivity index (χ0v) is 12.0. The number of nitrogens with two attached hydrogens (primary N) is 1. The summed E-state index contributed by atoms with van der Waals surface area (Å²) in [5.41, 5.74) is 6.88. The molecule has 1 aromatic carbocycles. The molecule has 2 N–H and O–H groups in total. The van der Waals surface area contributed by atoms with Crippen LogP contribution in [-0.2, 0) is 11.3 Å². The second kappa shape index (κ2) is 5.31. The molecule has 1 aliphatic rings. The van der Waals surface area contributed by atoms with Gasteiger partial charge in [-0.15, -0.1) is 0 Å². The molecule has 19 heavy (non-hydrogen) atoms. The highest BCUT2D eigenvalue weighted by atomic mass is 16.2. The summed E-state index contributed by atoms with van der Waals surface area (Å²) in [6, 6.07) is 9.88. The normalized spacial score (nSPS) is 23.7. The summed E-state index contributed by atoms with van der Waals surface area (Å²) in [4.78, 5) is 16.5. The van der Waals surface area contributed by atoms with Crippen molar-refractivity contribution in [1.82, 2.24) is 9.80 Å². The fraction of sp³-hybridized carbons (Fsp3) is 0.533. The maximum atomic E-state index is 12.5. The Morgan fingerprint density at radius 2 is 1.95 bits per heavy atom. The Morgan fingerprint density at radius 3 is 2.53 bits per heavy atom. The summed E-state index contributed by atoms with van der Waals surface area (Å²) >= 11 is 0. The highest BCUT2D eigenvalue weighted by Gasteiger charge is 2.42. The number of nitrogens with zero attached hydrogens (tertiary/aromatic N) is 2. The lowest BCUT2D eigenvalue weighted by atomic mass is 9.94. The van der Waals surface area contributed by atoms with Gasteiger partial charge in [0.25, 0.3) is 0 Å². The lowest BCUT2D eigenvalue weighted by Crippen LogP contribution is -2.66. The number of piperazine rings is 1. The summed E-state index contributed by atoms with van der Waals surface area (Å²) in [5, 5.41) is 0. The summed E-state index contributed by atoms with van der Waals surface area (Å²) in [5.74, 6) is 0.133. The third-order valence-corrected chi connectivity index (χ3v) is 4.04. The number of carbonyl (C=O) groups excluding carboxylic acids is 1. The van der Waals surface area contributed by atoms with Crippen molar-refractivity contribution >= 4 is 5.91 Å². The molecule has 0 aliphatic carbocycles. The van der Waals surface area contributed by atoms with E-state index in [1.54, 1.807) is 0 Å². The maximum Gasteiger partial charge on any atom is 0.241 e. The van der Waals surface area contributed by atoms with Gasteiger partial charge in [-0.25, -0.2) is 0 Å². The lowest BCUT2D eigenvalue weighted by Gasteiger charge is -2.49. The van der Waals surface area contributed by atoms with Gasteiger partial charge in [0, 0.05) is 25.2 Å². The van der Waals surface area contributed by atoms with Crippen LogP contribution in [0.4, 0.5) is 0 Å². The molecule has 1 heterocycles. The third kappa shape index (κ3) is 2.80. The SMILES string of the molecule is CN1C(CN)C(=O)N(Cc2ccccc2)CC1(C)C. The molecule has 1 fully saturated rings. The Morgan fingerprint density at radius 1 is 1.32 bits per heavy atom. The fourth-order valence-electron chi connectivity index (χ4n) is 2.65. The number of hydrogen-bond acceptors (Lipinski definition) is 3. The summed E-state index contributed by atoms with van der Waals surface area (Å²) in [7, 11) is 1.98. The number of amides is 1. The number of likely N-dealkylation sites (N-methyl/N-ethyl adjacent to an activating group) is 1. The first-order chi connectivity index (χ1) is 8.95. The Balaban J connectivity index is 2.19. The van der Waals surface area contributed by atoms with Gasteiger partial charge in [-0.1, -0.05) is 30.3 Å². The van der Waals surface area contributed by atoms with Gasteiger partial charge < -0.3 is 10.6 Å². The molecule has 1 unspecified atom stereocenters. The van der Waals surface area contributed by atoms with E-state index in [0.717, 1.165) is 12.1 Å². The van der Waals surface area contributed by atoms with Crippen LogP contribution in [0.3, 0.4) is 0 Å². The van der Waals surface area contributed by atoms with Gasteiger partial charge in [0.15, 0.2) is 0 Å². The van der Waals surface area contributed by atoms with E-state index < -0.39 is 0 Å². The molecular weight excluding hydrogens is 238 g/mol. The molecule has 1 aliphatic heterocycles. The van der Waals surface area contributed by atoms with E-state index in [2.05, 4.69) is 30.9 Å². The molecule has 1 aromatic rings. The zero-order valence-electron chi connectivity index (χ0n) is 12.0. The Bertz CT molecular complexity index is 444. The van der Waals surface area contributed by atoms with E-state index in [1.165, 1.54) is 0 Å². The number of hydrogen-bond donors (Lipinski definition) is 1. The number of carbonyl (C=O) groups is 1. The van der Waals surface area contributed by atoms with Crippen LogP contribution in [0.15, 0.2) is 30.3 Å². The van der Waals surface area contributed by atoms with Crippen LogP contribution in [0.2, 0.25) is 0 Å². The maximum absolute atomic E-state index is 12.5. The predicted octanol–water partition coefficient (Wildman–Crippen LogP) is 1.07. The Kier molecular flexibility index (Phi) is 3.92. The Labute approximate surface area is 115 Å². The molecule has 0 saturated carbocycles. The minimum Gasteiger partial charge on any atom is -0.335 e. The molecule has 4 heteroatoms. The van der Waals surface area contributed by atoms with Crippen LogP contribution in [0.1, 0.15) is 19.4 Å². The first kappa shape index (κ1) is 14.0. The largest absolute Gasteiger partial charge is 0.335 e. The standard InChI is InChI=1S/C15H23N3O/c1-15(2)11-18(10-12-7-5-4-6-8-12)14(19)13(9-16)17(15)3/h4-8,13H,9-11,16H2,1-3H3. The average Bonchev–Trinajstić information content (AvgIpc) is 2.38. The first-order valence-electron chi connectivity index (χ1n) is 6.71. The molecule has 1 atom stereocenters. The highest BCUT2D eigenvalue weighted by Crippen LogP contribution is 2.25. The lowest BCUT2D eigenvalue weighted by molar-refractivity contribution is -0.148. The molecule has 1 saturated heterocycles. The first-order valence-corrected chi connectivity index (χ1v) is 6.71. The van der Waals surface area contributed by atoms with E-state index in [-0.39, 0.29) is 17.5 Å². The van der Waals surface area contributed by atoms with Crippen LogP contribution in [0.25, 0.3) is 0 Å². The van der Waals surface area contributed by atoms with E-state index >= 15 is 0 Å². The van der Waals surface area contributed by atoms with Crippen LogP contribution in [-0.4, -0.2) is 47.4 Å². The van der Waals surface area contributed by atoms with Crippen LogP contribution >= 0.6 is 0 Å². The summed E-state index contributed by atoms with van der Waals surface area (Å²) in [6.45, 7) is 6.06. The van der Waals surface area contributed by atoms with Crippen molar-refractivity contribution in [3.63, 3.8) is 0 Å². The topological polar surface area (TPSA) is 49.6 Å². The second-order valence-electron chi connectivity index (χ2n) is 5.85.